The summed E-state index contributed by atoms with van der Waals surface area (Å²) in [5.41, 5.74) is 0.353. The first-order chi connectivity index (χ1) is 10.2. The minimum absolute atomic E-state index is 0.0765. The molecule has 2 rings (SSSR count). The lowest BCUT2D eigenvalue weighted by molar-refractivity contribution is -0.250. The van der Waals surface area contributed by atoms with Gasteiger partial charge in [-0.25, -0.2) is 0 Å². The van der Waals surface area contributed by atoms with E-state index < -0.39 is 11.7 Å². The fourth-order valence-corrected chi connectivity index (χ4v) is 2.09. The van der Waals surface area contributed by atoms with E-state index in [-0.39, 0.29) is 13.2 Å². The van der Waals surface area contributed by atoms with Crippen LogP contribution in [0.2, 0.25) is 0 Å². The van der Waals surface area contributed by atoms with Gasteiger partial charge < -0.3 is 24.1 Å². The first-order valence-electron chi connectivity index (χ1n) is 6.72. The Morgan fingerprint density at radius 2 is 2.00 bits per heavy atom. The Labute approximate surface area is 124 Å². The van der Waals surface area contributed by atoms with E-state index in [2.05, 4.69) is 5.92 Å². The van der Waals surface area contributed by atoms with E-state index in [1.165, 1.54) is 0 Å². The van der Waals surface area contributed by atoms with E-state index in [1.807, 2.05) is 24.3 Å². The summed E-state index contributed by atoms with van der Waals surface area (Å²) < 4.78 is 21.9. The second-order valence-electron chi connectivity index (χ2n) is 5.08. The van der Waals surface area contributed by atoms with E-state index in [9.17, 15) is 5.11 Å². The molecule has 0 aliphatic carbocycles. The van der Waals surface area contributed by atoms with Crippen molar-refractivity contribution in [3.8, 4) is 18.1 Å². The summed E-state index contributed by atoms with van der Waals surface area (Å²) in [4.78, 5) is 0. The zero-order chi connectivity index (χ0) is 15.1. The fourth-order valence-electron chi connectivity index (χ4n) is 2.09. The number of terminal acetylenes is 1. The van der Waals surface area contributed by atoms with Crippen molar-refractivity contribution in [2.45, 2.75) is 6.29 Å². The van der Waals surface area contributed by atoms with Crippen molar-refractivity contribution < 1.29 is 24.1 Å². The van der Waals surface area contributed by atoms with Gasteiger partial charge in [0.05, 0.1) is 39.0 Å². The minimum Gasteiger partial charge on any atom is -0.497 e. The average molecular weight is 292 g/mol. The molecule has 0 aromatic heterocycles. The van der Waals surface area contributed by atoms with Gasteiger partial charge in [0.15, 0.2) is 6.29 Å². The Bertz CT molecular complexity index is 468. The van der Waals surface area contributed by atoms with E-state index in [4.69, 9.17) is 25.4 Å². The van der Waals surface area contributed by atoms with Crippen LogP contribution >= 0.6 is 0 Å². The molecule has 1 aliphatic heterocycles. The Kier molecular flexibility index (Phi) is 5.59. The summed E-state index contributed by atoms with van der Waals surface area (Å²) >= 11 is 0. The van der Waals surface area contributed by atoms with Gasteiger partial charge >= 0.3 is 0 Å². The Morgan fingerprint density at radius 3 is 2.52 bits per heavy atom. The molecule has 1 fully saturated rings. The summed E-state index contributed by atoms with van der Waals surface area (Å²) in [5.74, 6) is 3.18. The van der Waals surface area contributed by atoms with Crippen molar-refractivity contribution in [2.24, 2.45) is 5.41 Å². The zero-order valence-corrected chi connectivity index (χ0v) is 12.1. The van der Waals surface area contributed by atoms with Crippen LogP contribution in [0.5, 0.6) is 5.75 Å². The first-order valence-corrected chi connectivity index (χ1v) is 6.72. The normalized spacial score (nSPS) is 25.3. The number of methoxy groups -OCH3 is 1. The summed E-state index contributed by atoms with van der Waals surface area (Å²) in [6.45, 7) is 1.15. The van der Waals surface area contributed by atoms with Crippen LogP contribution < -0.4 is 4.74 Å². The average Bonchev–Trinajstić information content (AvgIpc) is 2.56. The van der Waals surface area contributed by atoms with Crippen molar-refractivity contribution in [3.05, 3.63) is 29.8 Å². The van der Waals surface area contributed by atoms with Crippen LogP contribution in [-0.4, -0.2) is 45.3 Å². The van der Waals surface area contributed by atoms with Crippen molar-refractivity contribution in [2.75, 3.05) is 40.1 Å². The molecule has 0 spiro atoms. The minimum atomic E-state index is -0.556. The SMILES string of the molecule is C#CCOCC1(CO)COC(c2ccc(OC)cc2)OC1. The lowest BCUT2D eigenvalue weighted by Crippen LogP contribution is -2.45. The molecule has 21 heavy (non-hydrogen) atoms. The highest BCUT2D eigenvalue weighted by Crippen LogP contribution is 2.32. The molecule has 0 unspecified atom stereocenters. The van der Waals surface area contributed by atoms with Crippen LogP contribution in [0.1, 0.15) is 11.9 Å². The van der Waals surface area contributed by atoms with Crippen LogP contribution in [0.3, 0.4) is 0 Å². The molecule has 1 saturated heterocycles. The van der Waals surface area contributed by atoms with Gasteiger partial charge in [-0.2, -0.15) is 0 Å². The third-order valence-electron chi connectivity index (χ3n) is 3.40. The molecule has 5 heteroatoms. The van der Waals surface area contributed by atoms with Crippen LogP contribution in [0.4, 0.5) is 0 Å². The van der Waals surface area contributed by atoms with Gasteiger partial charge in [0.25, 0.3) is 0 Å². The number of ether oxygens (including phenoxy) is 4. The molecule has 0 bridgehead atoms. The van der Waals surface area contributed by atoms with E-state index in [0.717, 1.165) is 11.3 Å². The van der Waals surface area contributed by atoms with Gasteiger partial charge in [-0.15, -0.1) is 6.42 Å². The summed E-state index contributed by atoms with van der Waals surface area (Å²) in [7, 11) is 1.62. The molecule has 1 aromatic rings. The topological polar surface area (TPSA) is 57.2 Å². The number of rotatable bonds is 6. The lowest BCUT2D eigenvalue weighted by atomic mass is 9.91. The highest BCUT2D eigenvalue weighted by molar-refractivity contribution is 5.27. The number of aliphatic hydroxyl groups excluding tert-OH is 1. The van der Waals surface area contributed by atoms with Gasteiger partial charge in [0.2, 0.25) is 0 Å². The fraction of sp³-hybridized carbons (Fsp3) is 0.500. The maximum Gasteiger partial charge on any atom is 0.183 e. The van der Waals surface area contributed by atoms with Crippen LogP contribution in [0, 0.1) is 17.8 Å². The van der Waals surface area contributed by atoms with E-state index in [1.54, 1.807) is 7.11 Å². The monoisotopic (exact) mass is 292 g/mol. The number of aliphatic hydroxyl groups is 1. The third kappa shape index (κ3) is 3.96. The van der Waals surface area contributed by atoms with Crippen LogP contribution in [0.25, 0.3) is 0 Å². The Hall–Kier alpha value is -1.58. The number of benzene rings is 1. The van der Waals surface area contributed by atoms with E-state index >= 15 is 0 Å². The first kappa shape index (κ1) is 15.8. The van der Waals surface area contributed by atoms with Gasteiger partial charge in [0.1, 0.15) is 12.4 Å². The van der Waals surface area contributed by atoms with Crippen molar-refractivity contribution in [3.63, 3.8) is 0 Å². The second-order valence-corrected chi connectivity index (χ2v) is 5.08. The predicted molar refractivity (Wildman–Crippen MR) is 76.8 cm³/mol. The van der Waals surface area contributed by atoms with Gasteiger partial charge in [-0.3, -0.25) is 0 Å². The quantitative estimate of drug-likeness (QED) is 0.634. The maximum absolute atomic E-state index is 9.56. The van der Waals surface area contributed by atoms with Crippen molar-refractivity contribution >= 4 is 0 Å². The van der Waals surface area contributed by atoms with Crippen molar-refractivity contribution in [1.29, 1.82) is 0 Å². The van der Waals surface area contributed by atoms with Gasteiger partial charge in [-0.1, -0.05) is 18.1 Å². The number of hydrogen-bond acceptors (Lipinski definition) is 5. The lowest BCUT2D eigenvalue weighted by Gasteiger charge is -2.38. The largest absolute Gasteiger partial charge is 0.497 e. The third-order valence-corrected chi connectivity index (χ3v) is 3.40. The molecule has 0 atom stereocenters. The second kappa shape index (κ2) is 7.43. The summed E-state index contributed by atoms with van der Waals surface area (Å²) in [5, 5.41) is 9.56. The molecule has 114 valence electrons. The van der Waals surface area contributed by atoms with Gasteiger partial charge in [-0.05, 0) is 12.1 Å². The molecular formula is C16H20O5. The predicted octanol–water partition coefficient (Wildman–Crippen LogP) is 1.37. The smallest absolute Gasteiger partial charge is 0.183 e. The molecule has 1 N–H and O–H groups in total. The highest BCUT2D eigenvalue weighted by atomic mass is 16.7. The summed E-state index contributed by atoms with van der Waals surface area (Å²) in [6.07, 6.45) is 4.70. The van der Waals surface area contributed by atoms with Gasteiger partial charge in [0, 0.05) is 5.56 Å². The van der Waals surface area contributed by atoms with Crippen molar-refractivity contribution in [1.82, 2.24) is 0 Å². The molecule has 1 aromatic carbocycles. The molecule has 0 radical (unpaired) electrons. The molecular weight excluding hydrogens is 272 g/mol. The van der Waals surface area contributed by atoms with Crippen LogP contribution in [-0.2, 0) is 14.2 Å². The summed E-state index contributed by atoms with van der Waals surface area (Å²) in [6, 6.07) is 7.49. The zero-order valence-electron chi connectivity index (χ0n) is 12.1. The Balaban J connectivity index is 1.93. The molecule has 0 saturated carbocycles. The Morgan fingerprint density at radius 1 is 1.33 bits per heavy atom. The highest BCUT2D eigenvalue weighted by Gasteiger charge is 2.37. The molecule has 5 nitrogen and oxygen atoms in total. The molecule has 1 heterocycles. The molecule has 1 aliphatic rings. The molecule has 0 amide bonds. The number of hydrogen-bond donors (Lipinski definition) is 1. The van der Waals surface area contributed by atoms with Crippen LogP contribution in [0.15, 0.2) is 24.3 Å². The standard InChI is InChI=1S/C16H20O5/c1-3-8-19-10-16(9-17)11-20-15(21-12-16)13-4-6-14(18-2)7-5-13/h1,4-7,15,17H,8-12H2,2H3. The maximum atomic E-state index is 9.56. The van der Waals surface area contributed by atoms with E-state index in [0.29, 0.717) is 19.8 Å².